The first kappa shape index (κ1) is 14.4. The summed E-state index contributed by atoms with van der Waals surface area (Å²) >= 11 is 0. The number of esters is 1. The molecule has 0 N–H and O–H groups in total. The van der Waals surface area contributed by atoms with Crippen molar-refractivity contribution in [3.05, 3.63) is 33.1 Å². The highest BCUT2D eigenvalue weighted by molar-refractivity contribution is 5.91. The highest BCUT2D eigenvalue weighted by Gasteiger charge is 2.28. The van der Waals surface area contributed by atoms with E-state index in [4.69, 9.17) is 5.26 Å². The molecule has 1 heterocycles. The van der Waals surface area contributed by atoms with Crippen molar-refractivity contribution in [3.63, 3.8) is 0 Å². The molecule has 0 spiro atoms. The first-order chi connectivity index (χ1) is 8.92. The number of carbonyl (C=O) groups excluding carboxylic acids is 1. The molecular formula is C10H7F2N3O4. The molecule has 0 aliphatic rings. The number of nitriles is 1. The molecule has 1 aromatic rings. The maximum atomic E-state index is 12.6. The van der Waals surface area contributed by atoms with Crippen LogP contribution in [0, 0.1) is 21.4 Å². The number of carbonyl (C=O) groups is 1. The molecule has 0 saturated carbocycles. The standard InChI is InChI=1S/C10H7F2N3O4/c1-2-19-10(16)8-5(4-13)7(15(17)18)3-6(14-8)9(11)12/h3,9H,2H2,1H3. The lowest BCUT2D eigenvalue weighted by Gasteiger charge is -2.06. The highest BCUT2D eigenvalue weighted by atomic mass is 19.3. The van der Waals surface area contributed by atoms with Crippen LogP contribution in [0.5, 0.6) is 0 Å². The third kappa shape index (κ3) is 2.98. The first-order valence-electron chi connectivity index (χ1n) is 4.97. The number of hydrogen-bond donors (Lipinski definition) is 0. The van der Waals surface area contributed by atoms with Crippen LogP contribution < -0.4 is 0 Å². The van der Waals surface area contributed by atoms with Crippen molar-refractivity contribution >= 4 is 11.7 Å². The van der Waals surface area contributed by atoms with Gasteiger partial charge in [0.15, 0.2) is 11.3 Å². The summed E-state index contributed by atoms with van der Waals surface area (Å²) in [7, 11) is 0. The van der Waals surface area contributed by atoms with Gasteiger partial charge in [-0.1, -0.05) is 0 Å². The Bertz CT molecular complexity index is 569. The molecule has 7 nitrogen and oxygen atoms in total. The summed E-state index contributed by atoms with van der Waals surface area (Å²) in [5.74, 6) is -1.16. The molecule has 0 bridgehead atoms. The zero-order valence-electron chi connectivity index (χ0n) is 9.59. The van der Waals surface area contributed by atoms with Crippen LogP contribution in [0.1, 0.15) is 35.1 Å². The van der Waals surface area contributed by atoms with Crippen molar-refractivity contribution < 1.29 is 23.2 Å². The largest absolute Gasteiger partial charge is 0.461 e. The molecule has 1 aromatic heterocycles. The number of rotatable bonds is 4. The van der Waals surface area contributed by atoms with E-state index >= 15 is 0 Å². The van der Waals surface area contributed by atoms with E-state index in [-0.39, 0.29) is 6.61 Å². The van der Waals surface area contributed by atoms with Gasteiger partial charge in [0.05, 0.1) is 11.5 Å². The SMILES string of the molecule is CCOC(=O)c1nc(C(F)F)cc([N+](=O)[O-])c1C#N. The van der Waals surface area contributed by atoms with E-state index < -0.39 is 40.0 Å². The number of hydrogen-bond acceptors (Lipinski definition) is 6. The maximum Gasteiger partial charge on any atom is 0.358 e. The van der Waals surface area contributed by atoms with Gasteiger partial charge in [0.2, 0.25) is 0 Å². The van der Waals surface area contributed by atoms with Crippen LogP contribution in [-0.2, 0) is 4.74 Å². The Balaban J connectivity index is 3.55. The summed E-state index contributed by atoms with van der Waals surface area (Å²) in [5, 5.41) is 19.5. The molecule has 0 aliphatic heterocycles. The number of pyridine rings is 1. The Kier molecular flexibility index (Phi) is 4.41. The van der Waals surface area contributed by atoms with E-state index in [1.807, 2.05) is 0 Å². The lowest BCUT2D eigenvalue weighted by Crippen LogP contribution is -2.13. The fraction of sp³-hybridized carbons (Fsp3) is 0.300. The summed E-state index contributed by atoms with van der Waals surface area (Å²) < 4.78 is 29.6. The predicted molar refractivity (Wildman–Crippen MR) is 56.5 cm³/mol. The monoisotopic (exact) mass is 271 g/mol. The summed E-state index contributed by atoms with van der Waals surface area (Å²) in [4.78, 5) is 24.4. The van der Waals surface area contributed by atoms with E-state index in [0.717, 1.165) is 0 Å². The number of aromatic nitrogens is 1. The van der Waals surface area contributed by atoms with Gasteiger partial charge < -0.3 is 4.74 Å². The Hall–Kier alpha value is -2.63. The summed E-state index contributed by atoms with van der Waals surface area (Å²) in [6.07, 6.45) is -3.11. The van der Waals surface area contributed by atoms with Crippen molar-refractivity contribution in [2.45, 2.75) is 13.3 Å². The van der Waals surface area contributed by atoms with Crippen LogP contribution in [0.15, 0.2) is 6.07 Å². The number of nitrogens with zero attached hydrogens (tertiary/aromatic N) is 3. The molecule has 100 valence electrons. The van der Waals surface area contributed by atoms with Crippen molar-refractivity contribution in [2.24, 2.45) is 0 Å². The molecule has 19 heavy (non-hydrogen) atoms. The average Bonchev–Trinajstić information content (AvgIpc) is 2.36. The normalized spacial score (nSPS) is 10.1. The van der Waals surface area contributed by atoms with Crippen molar-refractivity contribution in [1.29, 1.82) is 5.26 Å². The van der Waals surface area contributed by atoms with Gasteiger partial charge in [-0.15, -0.1) is 0 Å². The zero-order valence-corrected chi connectivity index (χ0v) is 9.59. The van der Waals surface area contributed by atoms with Crippen LogP contribution in [0.4, 0.5) is 14.5 Å². The Morgan fingerprint density at radius 1 is 1.68 bits per heavy atom. The Morgan fingerprint density at radius 3 is 2.74 bits per heavy atom. The molecule has 0 radical (unpaired) electrons. The van der Waals surface area contributed by atoms with Crippen molar-refractivity contribution in [1.82, 2.24) is 4.98 Å². The summed E-state index contributed by atoms with van der Waals surface area (Å²) in [6, 6.07) is 1.87. The number of ether oxygens (including phenoxy) is 1. The lowest BCUT2D eigenvalue weighted by molar-refractivity contribution is -0.385. The van der Waals surface area contributed by atoms with E-state index in [2.05, 4.69) is 9.72 Å². The number of halogens is 2. The Labute approximate surface area is 105 Å². The average molecular weight is 271 g/mol. The second-order valence-corrected chi connectivity index (χ2v) is 3.18. The van der Waals surface area contributed by atoms with Crippen LogP contribution in [0.2, 0.25) is 0 Å². The molecule has 0 saturated heterocycles. The Morgan fingerprint density at radius 2 is 2.32 bits per heavy atom. The van der Waals surface area contributed by atoms with E-state index in [0.29, 0.717) is 6.07 Å². The van der Waals surface area contributed by atoms with Gasteiger partial charge in [0, 0.05) is 6.07 Å². The minimum Gasteiger partial charge on any atom is -0.461 e. The molecule has 9 heteroatoms. The third-order valence-corrected chi connectivity index (χ3v) is 2.02. The molecule has 0 aliphatic carbocycles. The molecule has 0 unspecified atom stereocenters. The minimum absolute atomic E-state index is 0.0852. The van der Waals surface area contributed by atoms with Gasteiger partial charge in [-0.3, -0.25) is 10.1 Å². The quantitative estimate of drug-likeness (QED) is 0.470. The predicted octanol–water partition coefficient (Wildman–Crippen LogP) is 1.98. The van der Waals surface area contributed by atoms with Crippen molar-refractivity contribution in [3.8, 4) is 6.07 Å². The van der Waals surface area contributed by atoms with Crippen LogP contribution in [0.25, 0.3) is 0 Å². The zero-order chi connectivity index (χ0) is 14.6. The van der Waals surface area contributed by atoms with Gasteiger partial charge >= 0.3 is 5.97 Å². The van der Waals surface area contributed by atoms with Gasteiger partial charge in [0.25, 0.3) is 12.1 Å². The molecule has 0 fully saturated rings. The molecule has 1 rings (SSSR count). The van der Waals surface area contributed by atoms with Crippen LogP contribution >= 0.6 is 0 Å². The maximum absolute atomic E-state index is 12.6. The van der Waals surface area contributed by atoms with E-state index in [1.165, 1.54) is 13.0 Å². The number of nitro groups is 1. The van der Waals surface area contributed by atoms with Gasteiger partial charge in [0.1, 0.15) is 11.8 Å². The molecular weight excluding hydrogens is 264 g/mol. The second-order valence-electron chi connectivity index (χ2n) is 3.18. The smallest absolute Gasteiger partial charge is 0.358 e. The number of alkyl halides is 2. The fourth-order valence-electron chi connectivity index (χ4n) is 1.26. The van der Waals surface area contributed by atoms with Gasteiger partial charge in [-0.05, 0) is 6.92 Å². The van der Waals surface area contributed by atoms with E-state index in [1.54, 1.807) is 0 Å². The fourth-order valence-corrected chi connectivity index (χ4v) is 1.26. The minimum atomic E-state index is -3.11. The third-order valence-electron chi connectivity index (χ3n) is 2.02. The second kappa shape index (κ2) is 5.81. The van der Waals surface area contributed by atoms with Gasteiger partial charge in [-0.2, -0.15) is 5.26 Å². The highest BCUT2D eigenvalue weighted by Crippen LogP contribution is 2.27. The lowest BCUT2D eigenvalue weighted by atomic mass is 10.1. The molecule has 0 aromatic carbocycles. The van der Waals surface area contributed by atoms with Crippen molar-refractivity contribution in [2.75, 3.05) is 6.61 Å². The molecule has 0 amide bonds. The van der Waals surface area contributed by atoms with Crippen LogP contribution in [-0.4, -0.2) is 22.5 Å². The summed E-state index contributed by atoms with van der Waals surface area (Å²) in [6.45, 7) is 1.37. The first-order valence-corrected chi connectivity index (χ1v) is 4.97. The topological polar surface area (TPSA) is 106 Å². The van der Waals surface area contributed by atoms with Gasteiger partial charge in [-0.25, -0.2) is 18.6 Å². The van der Waals surface area contributed by atoms with Crippen LogP contribution in [0.3, 0.4) is 0 Å². The van der Waals surface area contributed by atoms with E-state index in [9.17, 15) is 23.7 Å². The molecule has 0 atom stereocenters. The summed E-state index contributed by atoms with van der Waals surface area (Å²) in [5.41, 5.74) is -3.36.